The van der Waals surface area contributed by atoms with Crippen LogP contribution in [0.25, 0.3) is 5.69 Å². The monoisotopic (exact) mass is 309 g/mol. The van der Waals surface area contributed by atoms with Gasteiger partial charge in [-0.3, -0.25) is 9.78 Å². The highest BCUT2D eigenvalue weighted by Crippen LogP contribution is 2.15. The highest BCUT2D eigenvalue weighted by atomic mass is 16.5. The van der Waals surface area contributed by atoms with Gasteiger partial charge in [-0.25, -0.2) is 4.68 Å². The van der Waals surface area contributed by atoms with Crippen LogP contribution in [-0.2, 0) is 6.54 Å². The zero-order valence-corrected chi connectivity index (χ0v) is 12.5. The van der Waals surface area contributed by atoms with Crippen LogP contribution in [0.15, 0.2) is 55.0 Å². The Balaban J connectivity index is 1.66. The summed E-state index contributed by atoms with van der Waals surface area (Å²) in [5.41, 5.74) is 2.05. The number of nitrogens with one attached hydrogen (secondary N) is 1. The molecule has 0 aliphatic carbocycles. The van der Waals surface area contributed by atoms with Gasteiger partial charge < -0.3 is 10.1 Å². The Kier molecular flexibility index (Phi) is 4.28. The van der Waals surface area contributed by atoms with Crippen LogP contribution in [-0.4, -0.2) is 33.0 Å². The molecule has 2 heterocycles. The van der Waals surface area contributed by atoms with E-state index in [1.807, 2.05) is 24.3 Å². The highest BCUT2D eigenvalue weighted by Gasteiger charge is 2.07. The van der Waals surface area contributed by atoms with Crippen LogP contribution in [0.2, 0.25) is 0 Å². The molecule has 7 nitrogen and oxygen atoms in total. The predicted octanol–water partition coefficient (Wildman–Crippen LogP) is 1.60. The van der Waals surface area contributed by atoms with Gasteiger partial charge in [0, 0.05) is 24.0 Å². The molecular weight excluding hydrogens is 294 g/mol. The van der Waals surface area contributed by atoms with Gasteiger partial charge in [0.2, 0.25) is 0 Å². The summed E-state index contributed by atoms with van der Waals surface area (Å²) in [4.78, 5) is 15.8. The largest absolute Gasteiger partial charge is 0.497 e. The van der Waals surface area contributed by atoms with Crippen molar-refractivity contribution >= 4 is 5.91 Å². The van der Waals surface area contributed by atoms with Crippen molar-refractivity contribution < 1.29 is 9.53 Å². The maximum atomic E-state index is 12.0. The number of carbonyl (C=O) groups is 1. The van der Waals surface area contributed by atoms with E-state index in [0.717, 1.165) is 11.4 Å². The summed E-state index contributed by atoms with van der Waals surface area (Å²) in [6.45, 7) is 0.297. The van der Waals surface area contributed by atoms with Crippen molar-refractivity contribution in [2.45, 2.75) is 6.54 Å². The first kappa shape index (κ1) is 14.7. The molecule has 0 spiro atoms. The molecule has 3 aromatic rings. The Morgan fingerprint density at radius 2 is 2.09 bits per heavy atom. The lowest BCUT2D eigenvalue weighted by Gasteiger charge is -2.03. The number of carbonyl (C=O) groups excluding carboxylic acids is 1. The fraction of sp³-hybridized carbons (Fsp3) is 0.125. The second kappa shape index (κ2) is 6.69. The fourth-order valence-corrected chi connectivity index (χ4v) is 2.03. The molecule has 0 aliphatic rings. The number of amides is 1. The third-order valence-electron chi connectivity index (χ3n) is 3.23. The topological polar surface area (TPSA) is 81.9 Å². The average Bonchev–Trinajstić information content (AvgIpc) is 3.09. The van der Waals surface area contributed by atoms with Gasteiger partial charge in [0.25, 0.3) is 5.91 Å². The number of ether oxygens (including phenoxy) is 1. The summed E-state index contributed by atoms with van der Waals surface area (Å²) >= 11 is 0. The van der Waals surface area contributed by atoms with Crippen LogP contribution in [0.1, 0.15) is 16.1 Å². The zero-order valence-electron chi connectivity index (χ0n) is 12.5. The van der Waals surface area contributed by atoms with Crippen molar-refractivity contribution in [1.29, 1.82) is 0 Å². The van der Waals surface area contributed by atoms with Gasteiger partial charge in [-0.05, 0) is 24.3 Å². The Morgan fingerprint density at radius 1 is 1.26 bits per heavy atom. The molecule has 7 heteroatoms. The molecule has 0 saturated heterocycles. The normalized spacial score (nSPS) is 10.3. The second-order valence-electron chi connectivity index (χ2n) is 4.77. The molecule has 0 radical (unpaired) electrons. The van der Waals surface area contributed by atoms with Gasteiger partial charge >= 0.3 is 0 Å². The number of rotatable bonds is 5. The van der Waals surface area contributed by atoms with E-state index in [-0.39, 0.29) is 5.91 Å². The number of aromatic nitrogens is 4. The lowest BCUT2D eigenvalue weighted by Crippen LogP contribution is -2.22. The van der Waals surface area contributed by atoms with Gasteiger partial charge in [0.15, 0.2) is 0 Å². The quantitative estimate of drug-likeness (QED) is 0.774. The highest BCUT2D eigenvalue weighted by molar-refractivity contribution is 5.93. The zero-order chi connectivity index (χ0) is 16.1. The third-order valence-corrected chi connectivity index (χ3v) is 3.23. The van der Waals surface area contributed by atoms with E-state index in [0.29, 0.717) is 17.8 Å². The minimum atomic E-state index is -0.177. The second-order valence-corrected chi connectivity index (χ2v) is 4.77. The van der Waals surface area contributed by atoms with Crippen molar-refractivity contribution in [2.24, 2.45) is 0 Å². The van der Waals surface area contributed by atoms with Crippen molar-refractivity contribution in [2.75, 3.05) is 7.11 Å². The molecular formula is C16H15N5O2. The van der Waals surface area contributed by atoms with Gasteiger partial charge in [-0.1, -0.05) is 11.3 Å². The Morgan fingerprint density at radius 3 is 2.87 bits per heavy atom. The van der Waals surface area contributed by atoms with Gasteiger partial charge in [-0.2, -0.15) is 0 Å². The molecule has 0 fully saturated rings. The number of hydrogen-bond donors (Lipinski definition) is 1. The average molecular weight is 309 g/mol. The molecule has 0 aliphatic heterocycles. The summed E-state index contributed by atoms with van der Waals surface area (Å²) in [7, 11) is 1.61. The lowest BCUT2D eigenvalue weighted by atomic mass is 10.2. The first-order chi connectivity index (χ1) is 11.3. The molecule has 1 aromatic carbocycles. The minimum absolute atomic E-state index is 0.177. The van der Waals surface area contributed by atoms with Crippen LogP contribution in [0, 0.1) is 0 Å². The van der Waals surface area contributed by atoms with Crippen LogP contribution < -0.4 is 10.1 Å². The van der Waals surface area contributed by atoms with E-state index in [1.165, 1.54) is 0 Å². The van der Waals surface area contributed by atoms with E-state index in [9.17, 15) is 4.79 Å². The number of methoxy groups -OCH3 is 1. The summed E-state index contributed by atoms with van der Waals surface area (Å²) in [5, 5.41) is 10.9. The lowest BCUT2D eigenvalue weighted by molar-refractivity contribution is 0.0950. The van der Waals surface area contributed by atoms with E-state index in [4.69, 9.17) is 4.74 Å². The first-order valence-electron chi connectivity index (χ1n) is 7.00. The smallest absolute Gasteiger partial charge is 0.251 e. The Bertz CT molecular complexity index is 801. The molecule has 116 valence electrons. The van der Waals surface area contributed by atoms with E-state index in [2.05, 4.69) is 20.6 Å². The van der Waals surface area contributed by atoms with Crippen LogP contribution >= 0.6 is 0 Å². The standard InChI is InChI=1S/C16H15N5O2/c1-23-15-4-2-3-14(9-15)21-11-13(19-20-21)10-18-16(22)12-5-7-17-8-6-12/h2-9,11H,10H2,1H3,(H,18,22). The molecule has 1 amide bonds. The Hall–Kier alpha value is -3.22. The summed E-state index contributed by atoms with van der Waals surface area (Å²) in [5.74, 6) is 0.564. The molecule has 23 heavy (non-hydrogen) atoms. The van der Waals surface area contributed by atoms with Crippen molar-refractivity contribution in [1.82, 2.24) is 25.3 Å². The van der Waals surface area contributed by atoms with E-state index < -0.39 is 0 Å². The summed E-state index contributed by atoms with van der Waals surface area (Å²) in [6.07, 6.45) is 4.92. The molecule has 2 aromatic heterocycles. The maximum absolute atomic E-state index is 12.0. The Labute approximate surface area is 132 Å². The van der Waals surface area contributed by atoms with Crippen LogP contribution in [0.4, 0.5) is 0 Å². The van der Waals surface area contributed by atoms with Gasteiger partial charge in [0.1, 0.15) is 11.4 Å². The first-order valence-corrected chi connectivity index (χ1v) is 7.00. The van der Waals surface area contributed by atoms with Crippen molar-refractivity contribution in [3.05, 3.63) is 66.2 Å². The van der Waals surface area contributed by atoms with Crippen LogP contribution in [0.5, 0.6) is 5.75 Å². The van der Waals surface area contributed by atoms with Gasteiger partial charge in [-0.15, -0.1) is 5.10 Å². The number of pyridine rings is 1. The van der Waals surface area contributed by atoms with E-state index in [1.54, 1.807) is 42.5 Å². The molecule has 0 unspecified atom stereocenters. The minimum Gasteiger partial charge on any atom is -0.497 e. The number of benzene rings is 1. The van der Waals surface area contributed by atoms with Gasteiger partial charge in [0.05, 0.1) is 25.5 Å². The van der Waals surface area contributed by atoms with E-state index >= 15 is 0 Å². The molecule has 0 saturated carbocycles. The fourth-order valence-electron chi connectivity index (χ4n) is 2.03. The maximum Gasteiger partial charge on any atom is 0.251 e. The molecule has 0 bridgehead atoms. The summed E-state index contributed by atoms with van der Waals surface area (Å²) < 4.78 is 6.82. The molecule has 3 rings (SSSR count). The third kappa shape index (κ3) is 3.52. The SMILES string of the molecule is COc1cccc(-n2cc(CNC(=O)c3ccncc3)nn2)c1. The molecule has 1 N–H and O–H groups in total. The van der Waals surface area contributed by atoms with Crippen molar-refractivity contribution in [3.8, 4) is 11.4 Å². The van der Waals surface area contributed by atoms with Crippen molar-refractivity contribution in [3.63, 3.8) is 0 Å². The predicted molar refractivity (Wildman–Crippen MR) is 83.3 cm³/mol. The number of hydrogen-bond acceptors (Lipinski definition) is 5. The molecule has 0 atom stereocenters. The summed E-state index contributed by atoms with van der Waals surface area (Å²) in [6, 6.07) is 10.8. The number of nitrogens with zero attached hydrogens (tertiary/aromatic N) is 4. The van der Waals surface area contributed by atoms with Crippen LogP contribution in [0.3, 0.4) is 0 Å².